The summed E-state index contributed by atoms with van der Waals surface area (Å²) in [6.45, 7) is 12.1. The molecule has 8 heteroatoms. The van der Waals surface area contributed by atoms with Gasteiger partial charge in [-0.25, -0.2) is 0 Å². The Labute approximate surface area is 185 Å². The number of benzene rings is 1. The summed E-state index contributed by atoms with van der Waals surface area (Å²) < 4.78 is 8.00. The fourth-order valence-electron chi connectivity index (χ4n) is 2.83. The second-order valence-corrected chi connectivity index (χ2v) is 6.40. The Kier molecular flexibility index (Phi) is 11.5. The molecule has 0 unspecified atom stereocenters. The van der Waals surface area contributed by atoms with Crippen molar-refractivity contribution in [1.82, 2.24) is 25.4 Å². The molecular formula is C20H33IN6O. The van der Waals surface area contributed by atoms with E-state index in [-0.39, 0.29) is 24.0 Å². The zero-order chi connectivity index (χ0) is 19.5. The minimum Gasteiger partial charge on any atom is -0.493 e. The van der Waals surface area contributed by atoms with Crippen molar-refractivity contribution in [2.75, 3.05) is 26.2 Å². The highest BCUT2D eigenvalue weighted by molar-refractivity contribution is 14.0. The first kappa shape index (κ1) is 24.2. The average molecular weight is 500 g/mol. The number of aromatic nitrogens is 3. The monoisotopic (exact) mass is 500 g/mol. The Morgan fingerprint density at radius 2 is 1.93 bits per heavy atom. The van der Waals surface area contributed by atoms with Crippen LogP contribution in [0.15, 0.2) is 29.5 Å². The maximum Gasteiger partial charge on any atom is 0.191 e. The first-order valence-electron chi connectivity index (χ1n) is 9.73. The molecule has 0 aliphatic carbocycles. The molecule has 0 aliphatic heterocycles. The molecule has 28 heavy (non-hydrogen) atoms. The number of rotatable bonds is 10. The molecule has 0 saturated heterocycles. The summed E-state index contributed by atoms with van der Waals surface area (Å²) in [4.78, 5) is 4.62. The summed E-state index contributed by atoms with van der Waals surface area (Å²) in [6, 6.07) is 6.21. The molecule has 0 aliphatic rings. The highest BCUT2D eigenvalue weighted by Gasteiger charge is 2.04. The van der Waals surface area contributed by atoms with E-state index < -0.39 is 0 Å². The quantitative estimate of drug-likeness (QED) is 0.227. The number of hydrogen-bond donors (Lipinski definition) is 2. The van der Waals surface area contributed by atoms with Gasteiger partial charge in [-0.2, -0.15) is 0 Å². The van der Waals surface area contributed by atoms with E-state index in [1.807, 2.05) is 0 Å². The molecule has 0 spiro atoms. The zero-order valence-corrected chi connectivity index (χ0v) is 19.7. The number of nitrogens with zero attached hydrogens (tertiary/aromatic N) is 4. The normalized spacial score (nSPS) is 11.1. The van der Waals surface area contributed by atoms with Crippen LogP contribution in [0.4, 0.5) is 0 Å². The van der Waals surface area contributed by atoms with Crippen molar-refractivity contribution in [2.45, 2.75) is 47.1 Å². The molecule has 2 N–H and O–H groups in total. The number of halogens is 1. The van der Waals surface area contributed by atoms with Gasteiger partial charge in [0.25, 0.3) is 0 Å². The molecular weight excluding hydrogens is 467 g/mol. The van der Waals surface area contributed by atoms with E-state index in [1.165, 1.54) is 11.1 Å². The first-order valence-corrected chi connectivity index (χ1v) is 9.73. The Morgan fingerprint density at radius 3 is 2.61 bits per heavy atom. The third kappa shape index (κ3) is 7.65. The number of ether oxygens (including phenoxy) is 1. The summed E-state index contributed by atoms with van der Waals surface area (Å²) in [5.74, 6) is 2.82. The van der Waals surface area contributed by atoms with E-state index in [1.54, 1.807) is 6.33 Å². The maximum absolute atomic E-state index is 5.94. The molecule has 2 aromatic rings. The Bertz CT molecular complexity index is 711. The lowest BCUT2D eigenvalue weighted by atomic mass is 10.1. The standard InChI is InChI=1S/C20H32N6O.HI/c1-5-18-25-24-15-26(18)13-12-23-20(21-6-2)22-11-8-14-27-19-16(3)9-7-10-17(19)4;/h7,9-10,15H,5-6,8,11-14H2,1-4H3,(H2,21,22,23);1H. The molecule has 156 valence electrons. The second-order valence-electron chi connectivity index (χ2n) is 6.40. The van der Waals surface area contributed by atoms with Gasteiger partial charge in [0.05, 0.1) is 6.61 Å². The van der Waals surface area contributed by atoms with Crippen LogP contribution in [0.2, 0.25) is 0 Å². The number of aliphatic imine (C=N–C) groups is 1. The van der Waals surface area contributed by atoms with Crippen LogP contribution in [0.1, 0.15) is 37.2 Å². The fourth-order valence-corrected chi connectivity index (χ4v) is 2.83. The number of guanidine groups is 1. The number of para-hydroxylation sites is 1. The largest absolute Gasteiger partial charge is 0.493 e. The van der Waals surface area contributed by atoms with Crippen molar-refractivity contribution >= 4 is 29.9 Å². The van der Waals surface area contributed by atoms with Gasteiger partial charge >= 0.3 is 0 Å². The minimum absolute atomic E-state index is 0. The fraction of sp³-hybridized carbons (Fsp3) is 0.550. The predicted octanol–water partition coefficient (Wildman–Crippen LogP) is 3.10. The Morgan fingerprint density at radius 1 is 1.18 bits per heavy atom. The van der Waals surface area contributed by atoms with Gasteiger partial charge in [0.1, 0.15) is 17.9 Å². The van der Waals surface area contributed by atoms with Crippen LogP contribution in [0.25, 0.3) is 0 Å². The van der Waals surface area contributed by atoms with E-state index in [0.29, 0.717) is 13.2 Å². The topological polar surface area (TPSA) is 76.4 Å². The van der Waals surface area contributed by atoms with E-state index in [2.05, 4.69) is 76.3 Å². The maximum atomic E-state index is 5.94. The van der Waals surface area contributed by atoms with Crippen molar-refractivity contribution in [2.24, 2.45) is 4.99 Å². The van der Waals surface area contributed by atoms with Crippen LogP contribution in [0.5, 0.6) is 5.75 Å². The van der Waals surface area contributed by atoms with Crippen molar-refractivity contribution in [3.05, 3.63) is 41.5 Å². The van der Waals surface area contributed by atoms with Gasteiger partial charge in [0, 0.05) is 39.0 Å². The van der Waals surface area contributed by atoms with Gasteiger partial charge in [-0.05, 0) is 31.9 Å². The van der Waals surface area contributed by atoms with Gasteiger partial charge in [0.2, 0.25) is 0 Å². The van der Waals surface area contributed by atoms with E-state index in [0.717, 1.165) is 50.0 Å². The molecule has 0 radical (unpaired) electrons. The molecule has 0 saturated carbocycles. The lowest BCUT2D eigenvalue weighted by Crippen LogP contribution is -2.39. The SMILES string of the molecule is CCNC(=NCCCOc1c(C)cccc1C)NCCn1cnnc1CC.I. The summed E-state index contributed by atoms with van der Waals surface area (Å²) in [5.41, 5.74) is 2.35. The minimum atomic E-state index is 0. The highest BCUT2D eigenvalue weighted by Crippen LogP contribution is 2.22. The Balaban J connectivity index is 0.00000392. The lowest BCUT2D eigenvalue weighted by molar-refractivity contribution is 0.309. The van der Waals surface area contributed by atoms with Gasteiger partial charge in [-0.1, -0.05) is 25.1 Å². The van der Waals surface area contributed by atoms with Gasteiger partial charge in [-0.3, -0.25) is 4.99 Å². The van der Waals surface area contributed by atoms with Crippen molar-refractivity contribution in [1.29, 1.82) is 0 Å². The molecule has 1 aromatic carbocycles. The summed E-state index contributed by atoms with van der Waals surface area (Å²) in [6.07, 6.45) is 3.53. The van der Waals surface area contributed by atoms with Crippen LogP contribution in [0, 0.1) is 13.8 Å². The van der Waals surface area contributed by atoms with Crippen molar-refractivity contribution in [3.63, 3.8) is 0 Å². The zero-order valence-electron chi connectivity index (χ0n) is 17.4. The first-order chi connectivity index (χ1) is 13.2. The number of nitrogens with one attached hydrogen (secondary N) is 2. The molecule has 1 heterocycles. The molecule has 0 fully saturated rings. The van der Waals surface area contributed by atoms with Crippen molar-refractivity contribution < 1.29 is 4.74 Å². The van der Waals surface area contributed by atoms with Crippen LogP contribution in [-0.2, 0) is 13.0 Å². The third-order valence-corrected chi connectivity index (χ3v) is 4.23. The van der Waals surface area contributed by atoms with Crippen molar-refractivity contribution in [3.8, 4) is 5.75 Å². The van der Waals surface area contributed by atoms with Crippen LogP contribution in [-0.4, -0.2) is 47.0 Å². The highest BCUT2D eigenvalue weighted by atomic mass is 127. The van der Waals surface area contributed by atoms with Crippen LogP contribution >= 0.6 is 24.0 Å². The molecule has 7 nitrogen and oxygen atoms in total. The Hall–Kier alpha value is -1.84. The average Bonchev–Trinajstić information content (AvgIpc) is 3.11. The summed E-state index contributed by atoms with van der Waals surface area (Å²) >= 11 is 0. The van der Waals surface area contributed by atoms with Crippen LogP contribution in [0.3, 0.4) is 0 Å². The number of hydrogen-bond acceptors (Lipinski definition) is 4. The van der Waals surface area contributed by atoms with Gasteiger partial charge < -0.3 is 19.9 Å². The smallest absolute Gasteiger partial charge is 0.191 e. The molecule has 0 amide bonds. The molecule has 0 bridgehead atoms. The second kappa shape index (κ2) is 13.4. The van der Waals surface area contributed by atoms with E-state index >= 15 is 0 Å². The predicted molar refractivity (Wildman–Crippen MR) is 125 cm³/mol. The molecule has 0 atom stereocenters. The molecule has 2 rings (SSSR count). The third-order valence-electron chi connectivity index (χ3n) is 4.23. The van der Waals surface area contributed by atoms with E-state index in [4.69, 9.17) is 4.74 Å². The number of aryl methyl sites for hydroxylation is 3. The summed E-state index contributed by atoms with van der Waals surface area (Å²) in [5, 5.41) is 14.7. The molecule has 1 aromatic heterocycles. The van der Waals surface area contributed by atoms with Gasteiger partial charge in [-0.15, -0.1) is 34.2 Å². The van der Waals surface area contributed by atoms with Gasteiger partial charge in [0.15, 0.2) is 5.96 Å². The van der Waals surface area contributed by atoms with Crippen LogP contribution < -0.4 is 15.4 Å². The lowest BCUT2D eigenvalue weighted by Gasteiger charge is -2.13. The van der Waals surface area contributed by atoms with E-state index in [9.17, 15) is 0 Å². The summed E-state index contributed by atoms with van der Waals surface area (Å²) in [7, 11) is 0.